The molecule has 1 aromatic rings. The third-order valence-corrected chi connectivity index (χ3v) is 3.00. The Bertz CT molecular complexity index is 569. The fourth-order valence-corrected chi connectivity index (χ4v) is 1.71. The fraction of sp³-hybridized carbons (Fsp3) is 0.538. The molecule has 11 heteroatoms. The average Bonchev–Trinajstić information content (AvgIpc) is 2.45. The number of halogens is 9. The first-order chi connectivity index (χ1) is 10.7. The van der Waals surface area contributed by atoms with Crippen LogP contribution in [0.2, 0.25) is 0 Å². The van der Waals surface area contributed by atoms with E-state index in [1.54, 1.807) is 0 Å². The highest BCUT2D eigenvalue weighted by Gasteiger charge is 2.83. The Morgan fingerprint density at radius 2 is 1.50 bits per heavy atom. The van der Waals surface area contributed by atoms with E-state index in [4.69, 9.17) is 4.74 Å². The van der Waals surface area contributed by atoms with Crippen LogP contribution in [0.5, 0.6) is 5.75 Å². The molecule has 1 atom stereocenters. The van der Waals surface area contributed by atoms with Crippen LogP contribution in [0.1, 0.15) is 18.6 Å². The van der Waals surface area contributed by atoms with E-state index >= 15 is 0 Å². The highest BCUT2D eigenvalue weighted by Crippen LogP contribution is 2.56. The molecule has 1 unspecified atom stereocenters. The molecule has 0 aliphatic rings. The molecule has 0 saturated carbocycles. The normalized spacial score (nSPS) is 15.3. The molecular formula is C13H11F9O2. The quantitative estimate of drug-likeness (QED) is 0.743. The molecule has 24 heavy (non-hydrogen) atoms. The van der Waals surface area contributed by atoms with E-state index in [2.05, 4.69) is 0 Å². The lowest BCUT2D eigenvalue weighted by Crippen LogP contribution is -2.62. The zero-order valence-electron chi connectivity index (χ0n) is 11.9. The highest BCUT2D eigenvalue weighted by molar-refractivity contribution is 5.31. The van der Waals surface area contributed by atoms with Gasteiger partial charge in [0.05, 0.1) is 6.61 Å². The molecular weight excluding hydrogens is 359 g/mol. The van der Waals surface area contributed by atoms with Crippen molar-refractivity contribution in [2.45, 2.75) is 37.0 Å². The molecule has 0 aliphatic carbocycles. The molecule has 1 N–H and O–H groups in total. The third-order valence-electron chi connectivity index (χ3n) is 3.00. The van der Waals surface area contributed by atoms with E-state index in [1.807, 2.05) is 0 Å². The van der Waals surface area contributed by atoms with Gasteiger partial charge in [-0.05, 0) is 24.6 Å². The minimum atomic E-state index is -7.05. The predicted molar refractivity (Wildman–Crippen MR) is 63.5 cm³/mol. The summed E-state index contributed by atoms with van der Waals surface area (Å²) < 4.78 is 120. The van der Waals surface area contributed by atoms with Crippen molar-refractivity contribution in [2.75, 3.05) is 6.61 Å². The van der Waals surface area contributed by atoms with Crippen molar-refractivity contribution in [1.82, 2.24) is 0 Å². The van der Waals surface area contributed by atoms with Gasteiger partial charge in [-0.3, -0.25) is 0 Å². The summed E-state index contributed by atoms with van der Waals surface area (Å²) in [6, 6.07) is 3.44. The van der Waals surface area contributed by atoms with Crippen molar-refractivity contribution in [3.05, 3.63) is 29.8 Å². The minimum absolute atomic E-state index is 0.0260. The number of rotatable bonds is 6. The molecule has 0 saturated heterocycles. The first kappa shape index (κ1) is 20.4. The molecule has 0 fully saturated rings. The van der Waals surface area contributed by atoms with Crippen molar-refractivity contribution >= 4 is 0 Å². The van der Waals surface area contributed by atoms with Gasteiger partial charge in [0.2, 0.25) is 0 Å². The van der Waals surface area contributed by atoms with E-state index in [-0.39, 0.29) is 12.4 Å². The number of aliphatic hydroxyl groups is 1. The molecule has 0 spiro atoms. The van der Waals surface area contributed by atoms with Crippen molar-refractivity contribution in [3.8, 4) is 5.75 Å². The molecule has 1 aromatic carbocycles. The maximum Gasteiger partial charge on any atom is 0.460 e. The molecule has 1 rings (SSSR count). The second-order valence-corrected chi connectivity index (χ2v) is 4.68. The number of hydrogen-bond donors (Lipinski definition) is 1. The van der Waals surface area contributed by atoms with Gasteiger partial charge in [-0.25, -0.2) is 0 Å². The van der Waals surface area contributed by atoms with Crippen molar-refractivity contribution in [3.63, 3.8) is 0 Å². The number of aliphatic hydroxyl groups excluding tert-OH is 1. The Labute approximate surface area is 129 Å². The molecule has 138 valence electrons. The lowest BCUT2D eigenvalue weighted by molar-refractivity contribution is -0.406. The van der Waals surface area contributed by atoms with Gasteiger partial charge in [-0.2, -0.15) is 39.5 Å². The maximum atomic E-state index is 13.6. The number of alkyl halides is 9. The van der Waals surface area contributed by atoms with Crippen LogP contribution >= 0.6 is 0 Å². The van der Waals surface area contributed by atoms with Gasteiger partial charge in [-0.1, -0.05) is 12.1 Å². The van der Waals surface area contributed by atoms with E-state index in [9.17, 15) is 44.6 Å². The zero-order chi connectivity index (χ0) is 19.0. The molecule has 0 bridgehead atoms. The van der Waals surface area contributed by atoms with E-state index in [0.717, 1.165) is 6.07 Å². The third kappa shape index (κ3) is 3.26. The lowest BCUT2D eigenvalue weighted by atomic mass is 9.94. The van der Waals surface area contributed by atoms with Crippen LogP contribution in [0, 0.1) is 0 Å². The molecule has 0 heterocycles. The SMILES string of the molecule is CCOc1cccc(C(O)C(F)(F)C(F)(F)C(F)(F)C(F)(F)F)c1. The Hall–Kier alpha value is -1.65. The van der Waals surface area contributed by atoms with Gasteiger partial charge in [0.15, 0.2) is 0 Å². The van der Waals surface area contributed by atoms with E-state index < -0.39 is 35.6 Å². The predicted octanol–water partition coefficient (Wildman–Crippen LogP) is 4.59. The summed E-state index contributed by atoms with van der Waals surface area (Å²) in [5.41, 5.74) is -1.01. The second kappa shape index (κ2) is 6.34. The molecule has 0 aromatic heterocycles. The van der Waals surface area contributed by atoms with Gasteiger partial charge in [0, 0.05) is 0 Å². The summed E-state index contributed by atoms with van der Waals surface area (Å²) in [6.07, 6.45) is -10.6. The van der Waals surface area contributed by atoms with Gasteiger partial charge in [0.1, 0.15) is 11.9 Å². The van der Waals surface area contributed by atoms with Crippen LogP contribution in [0.3, 0.4) is 0 Å². The van der Waals surface area contributed by atoms with Crippen LogP contribution in [-0.2, 0) is 0 Å². The first-order valence-corrected chi connectivity index (χ1v) is 6.31. The fourth-order valence-electron chi connectivity index (χ4n) is 1.71. The molecule has 2 nitrogen and oxygen atoms in total. The van der Waals surface area contributed by atoms with Gasteiger partial charge < -0.3 is 9.84 Å². The highest BCUT2D eigenvalue weighted by atomic mass is 19.4. The second-order valence-electron chi connectivity index (χ2n) is 4.68. The summed E-state index contributed by atoms with van der Waals surface area (Å²) >= 11 is 0. The van der Waals surface area contributed by atoms with Crippen LogP contribution in [0.25, 0.3) is 0 Å². The maximum absolute atomic E-state index is 13.6. The van der Waals surface area contributed by atoms with Gasteiger partial charge in [-0.15, -0.1) is 0 Å². The number of ether oxygens (including phenoxy) is 1. The monoisotopic (exact) mass is 370 g/mol. The van der Waals surface area contributed by atoms with Crippen LogP contribution in [0.4, 0.5) is 39.5 Å². The van der Waals surface area contributed by atoms with E-state index in [0.29, 0.717) is 12.1 Å². The van der Waals surface area contributed by atoms with Gasteiger partial charge in [0.25, 0.3) is 0 Å². The summed E-state index contributed by atoms with van der Waals surface area (Å²) in [5.74, 6) is -20.2. The molecule has 0 amide bonds. The topological polar surface area (TPSA) is 29.5 Å². The lowest BCUT2D eigenvalue weighted by Gasteiger charge is -2.36. The number of benzene rings is 1. The van der Waals surface area contributed by atoms with E-state index in [1.165, 1.54) is 13.0 Å². The largest absolute Gasteiger partial charge is 0.494 e. The summed E-state index contributed by atoms with van der Waals surface area (Å²) in [7, 11) is 0. The summed E-state index contributed by atoms with van der Waals surface area (Å²) in [4.78, 5) is 0. The van der Waals surface area contributed by atoms with Crippen LogP contribution in [0.15, 0.2) is 24.3 Å². The Balaban J connectivity index is 3.29. The minimum Gasteiger partial charge on any atom is -0.494 e. The molecule has 0 aliphatic heterocycles. The van der Waals surface area contributed by atoms with Gasteiger partial charge >= 0.3 is 23.9 Å². The zero-order valence-corrected chi connectivity index (χ0v) is 11.9. The summed E-state index contributed by atoms with van der Waals surface area (Å²) in [5, 5.41) is 9.32. The van der Waals surface area contributed by atoms with Crippen molar-refractivity contribution in [1.29, 1.82) is 0 Å². The first-order valence-electron chi connectivity index (χ1n) is 6.31. The Morgan fingerprint density at radius 3 is 1.96 bits per heavy atom. The Kier molecular flexibility index (Phi) is 5.39. The van der Waals surface area contributed by atoms with Crippen molar-refractivity contribution < 1.29 is 49.4 Å². The van der Waals surface area contributed by atoms with Crippen LogP contribution < -0.4 is 4.74 Å². The Morgan fingerprint density at radius 1 is 0.958 bits per heavy atom. The average molecular weight is 370 g/mol. The summed E-state index contributed by atoms with van der Waals surface area (Å²) in [6.45, 7) is 1.51. The smallest absolute Gasteiger partial charge is 0.460 e. The molecule has 0 radical (unpaired) electrons. The van der Waals surface area contributed by atoms with Crippen molar-refractivity contribution in [2.24, 2.45) is 0 Å². The van der Waals surface area contributed by atoms with Crippen LogP contribution in [-0.4, -0.2) is 35.7 Å². The standard InChI is InChI=1S/C13H11F9O2/c1-2-24-8-5-3-4-7(6-8)9(23)10(14,15)11(16,17)12(18,19)13(20,21)22/h3-6,9,23H,2H2,1H3. The number of hydrogen-bond acceptors (Lipinski definition) is 2.